The number of halogens is 1. The Kier molecular flexibility index (Phi) is 2.17. The highest BCUT2D eigenvalue weighted by atomic mass is 79.9. The van der Waals surface area contributed by atoms with Crippen molar-refractivity contribution in [3.8, 4) is 11.1 Å². The van der Waals surface area contributed by atoms with Gasteiger partial charge in [-0.15, -0.1) is 0 Å². The summed E-state index contributed by atoms with van der Waals surface area (Å²) in [7, 11) is 0. The summed E-state index contributed by atoms with van der Waals surface area (Å²) in [6, 6.07) is 15.1. The molecule has 0 nitrogen and oxygen atoms in total. The first-order valence-corrected chi connectivity index (χ1v) is 5.95. The van der Waals surface area contributed by atoms with Crippen LogP contribution in [-0.4, -0.2) is 6.10 Å². The van der Waals surface area contributed by atoms with Crippen molar-refractivity contribution in [2.24, 2.45) is 0 Å². The Morgan fingerprint density at radius 3 is 2.60 bits per heavy atom. The van der Waals surface area contributed by atoms with E-state index in [9.17, 15) is 0 Å². The molecule has 0 saturated heterocycles. The minimum absolute atomic E-state index is 1.06. The zero-order valence-corrected chi connectivity index (χ0v) is 9.79. The van der Waals surface area contributed by atoms with E-state index in [1.54, 1.807) is 0 Å². The van der Waals surface area contributed by atoms with E-state index in [0.717, 1.165) is 6.42 Å². The highest BCUT2D eigenvalue weighted by Crippen LogP contribution is 2.34. The SMILES string of the molecule is Br[B]c1cccc2c1Cc1ccccc1-2. The van der Waals surface area contributed by atoms with Crippen molar-refractivity contribution < 1.29 is 0 Å². The largest absolute Gasteiger partial charge is 0.243 e. The van der Waals surface area contributed by atoms with Gasteiger partial charge in [0.25, 0.3) is 0 Å². The zero-order valence-electron chi connectivity index (χ0n) is 8.20. The summed E-state index contributed by atoms with van der Waals surface area (Å²) >= 11 is 3.43. The Hall–Kier alpha value is -1.02. The maximum atomic E-state index is 3.43. The molecule has 0 aromatic heterocycles. The molecular formula is C13H9BBr. The number of fused-ring (bicyclic) bond motifs is 3. The van der Waals surface area contributed by atoms with Crippen molar-refractivity contribution in [3.05, 3.63) is 53.6 Å². The van der Waals surface area contributed by atoms with E-state index in [0.29, 0.717) is 0 Å². The molecule has 1 radical (unpaired) electrons. The average Bonchev–Trinajstić information content (AvgIpc) is 2.67. The van der Waals surface area contributed by atoms with Crippen LogP contribution < -0.4 is 5.46 Å². The molecule has 0 bridgehead atoms. The van der Waals surface area contributed by atoms with E-state index in [-0.39, 0.29) is 0 Å². The van der Waals surface area contributed by atoms with Crippen LogP contribution >= 0.6 is 15.8 Å². The number of hydrogen-bond acceptors (Lipinski definition) is 0. The molecule has 0 heterocycles. The van der Waals surface area contributed by atoms with Crippen molar-refractivity contribution in [2.45, 2.75) is 6.42 Å². The fourth-order valence-electron chi connectivity index (χ4n) is 2.28. The third-order valence-corrected chi connectivity index (χ3v) is 3.50. The van der Waals surface area contributed by atoms with E-state index in [4.69, 9.17) is 0 Å². The van der Waals surface area contributed by atoms with Crippen LogP contribution in [0.5, 0.6) is 0 Å². The Balaban J connectivity index is 2.26. The highest BCUT2D eigenvalue weighted by molar-refractivity contribution is 9.23. The molecule has 1 aliphatic rings. The first kappa shape index (κ1) is 9.23. The minimum Gasteiger partial charge on any atom is -0.158 e. The second kappa shape index (κ2) is 3.53. The van der Waals surface area contributed by atoms with Crippen LogP contribution in [0.15, 0.2) is 42.5 Å². The molecule has 0 aliphatic heterocycles. The molecule has 2 heteroatoms. The molecule has 0 N–H and O–H groups in total. The average molecular weight is 256 g/mol. The lowest BCUT2D eigenvalue weighted by Gasteiger charge is -2.04. The van der Waals surface area contributed by atoms with Gasteiger partial charge in [0, 0.05) is 0 Å². The molecule has 0 saturated carbocycles. The molecule has 71 valence electrons. The first-order chi connectivity index (χ1) is 7.40. The van der Waals surface area contributed by atoms with Crippen LogP contribution in [0.2, 0.25) is 0 Å². The molecule has 0 unspecified atom stereocenters. The molecule has 0 amide bonds. The molecule has 0 spiro atoms. The van der Waals surface area contributed by atoms with Crippen molar-refractivity contribution >= 4 is 27.3 Å². The summed E-state index contributed by atoms with van der Waals surface area (Å²) in [4.78, 5) is 0. The van der Waals surface area contributed by atoms with Crippen molar-refractivity contribution in [1.29, 1.82) is 0 Å². The Labute approximate surface area is 98.5 Å². The van der Waals surface area contributed by atoms with Crippen LogP contribution in [0, 0.1) is 0 Å². The van der Waals surface area contributed by atoms with E-state index in [1.807, 2.05) is 6.10 Å². The summed E-state index contributed by atoms with van der Waals surface area (Å²) < 4.78 is 0. The molecule has 3 rings (SSSR count). The molecule has 15 heavy (non-hydrogen) atoms. The normalized spacial score (nSPS) is 12.1. The maximum absolute atomic E-state index is 3.43. The number of rotatable bonds is 1. The summed E-state index contributed by atoms with van der Waals surface area (Å²) in [5, 5.41) is 0. The molecule has 0 fully saturated rings. The quantitative estimate of drug-likeness (QED) is 0.587. The fourth-order valence-corrected chi connectivity index (χ4v) is 2.71. The second-order valence-corrected chi connectivity index (χ2v) is 4.27. The summed E-state index contributed by atoms with van der Waals surface area (Å²) in [6.07, 6.45) is 3.07. The van der Waals surface area contributed by atoms with Crippen LogP contribution in [0.1, 0.15) is 11.1 Å². The lowest BCUT2D eigenvalue weighted by Crippen LogP contribution is -2.13. The molecule has 1 aliphatic carbocycles. The van der Waals surface area contributed by atoms with Gasteiger partial charge in [-0.2, -0.15) is 15.8 Å². The first-order valence-electron chi connectivity index (χ1n) is 5.04. The summed E-state index contributed by atoms with van der Waals surface area (Å²) in [5.74, 6) is 0. The van der Waals surface area contributed by atoms with Gasteiger partial charge in [-0.3, -0.25) is 0 Å². The van der Waals surface area contributed by atoms with E-state index in [1.165, 1.54) is 27.7 Å². The zero-order chi connectivity index (χ0) is 10.3. The van der Waals surface area contributed by atoms with Crippen molar-refractivity contribution in [1.82, 2.24) is 0 Å². The Bertz CT molecular complexity index is 520. The topological polar surface area (TPSA) is 0 Å². The predicted molar refractivity (Wildman–Crippen MR) is 69.0 cm³/mol. The van der Waals surface area contributed by atoms with Gasteiger partial charge in [-0.1, -0.05) is 47.9 Å². The molecule has 2 aromatic carbocycles. The lowest BCUT2D eigenvalue weighted by atomic mass is 9.87. The predicted octanol–water partition coefficient (Wildman–Crippen LogP) is 2.90. The minimum atomic E-state index is 1.06. The van der Waals surface area contributed by atoms with Crippen LogP contribution in [-0.2, 0) is 6.42 Å². The monoisotopic (exact) mass is 255 g/mol. The lowest BCUT2D eigenvalue weighted by molar-refractivity contribution is 1.28. The number of benzene rings is 2. The van der Waals surface area contributed by atoms with Gasteiger partial charge in [-0.25, -0.2) is 0 Å². The van der Waals surface area contributed by atoms with Crippen molar-refractivity contribution in [2.75, 3.05) is 0 Å². The maximum Gasteiger partial charge on any atom is 0.243 e. The molecule has 2 aromatic rings. The van der Waals surface area contributed by atoms with E-state index < -0.39 is 0 Å². The highest BCUT2D eigenvalue weighted by Gasteiger charge is 2.19. The molecular weight excluding hydrogens is 247 g/mol. The number of hydrogen-bond donors (Lipinski definition) is 0. The third-order valence-electron chi connectivity index (χ3n) is 3.00. The van der Waals surface area contributed by atoms with Gasteiger partial charge in [0.1, 0.15) is 0 Å². The fraction of sp³-hybridized carbons (Fsp3) is 0.0769. The van der Waals surface area contributed by atoms with Crippen molar-refractivity contribution in [3.63, 3.8) is 0 Å². The van der Waals surface area contributed by atoms with E-state index in [2.05, 4.69) is 58.2 Å². The van der Waals surface area contributed by atoms with Crippen LogP contribution in [0.25, 0.3) is 11.1 Å². The van der Waals surface area contributed by atoms with Gasteiger partial charge in [-0.05, 0) is 28.7 Å². The summed E-state index contributed by atoms with van der Waals surface area (Å²) in [5.41, 5.74) is 6.95. The van der Waals surface area contributed by atoms with Crippen LogP contribution in [0.3, 0.4) is 0 Å². The third kappa shape index (κ3) is 1.36. The van der Waals surface area contributed by atoms with Gasteiger partial charge >= 0.3 is 0 Å². The van der Waals surface area contributed by atoms with Gasteiger partial charge in [0.05, 0.1) is 0 Å². The van der Waals surface area contributed by atoms with E-state index >= 15 is 0 Å². The van der Waals surface area contributed by atoms with Gasteiger partial charge in [0.2, 0.25) is 6.10 Å². The van der Waals surface area contributed by atoms with Gasteiger partial charge in [0.15, 0.2) is 0 Å². The van der Waals surface area contributed by atoms with Gasteiger partial charge < -0.3 is 0 Å². The molecule has 0 atom stereocenters. The summed E-state index contributed by atoms with van der Waals surface area (Å²) in [6.45, 7) is 0. The second-order valence-electron chi connectivity index (χ2n) is 3.82. The van der Waals surface area contributed by atoms with Crippen LogP contribution in [0.4, 0.5) is 0 Å². The Morgan fingerprint density at radius 2 is 1.73 bits per heavy atom. The smallest absolute Gasteiger partial charge is 0.158 e. The standard InChI is InChI=1S/C13H9BBr/c15-14-13-7-3-6-11-10-5-2-1-4-9(10)8-12(11)13/h1-7H,8H2. The Morgan fingerprint density at radius 1 is 0.933 bits per heavy atom.